The Morgan fingerprint density at radius 1 is 1.35 bits per heavy atom. The van der Waals surface area contributed by atoms with Gasteiger partial charge < -0.3 is 10.3 Å². The van der Waals surface area contributed by atoms with Crippen LogP contribution in [0.1, 0.15) is 38.5 Å². The monoisotopic (exact) mass is 355 g/mol. The Balaban J connectivity index is 2.02. The maximum absolute atomic E-state index is 6.11. The van der Waals surface area contributed by atoms with Gasteiger partial charge in [-0.1, -0.05) is 38.1 Å². The molecule has 1 atom stereocenters. The fourth-order valence-corrected chi connectivity index (χ4v) is 2.94. The van der Waals surface area contributed by atoms with E-state index in [1.165, 1.54) is 0 Å². The Morgan fingerprint density at radius 3 is 2.70 bits per heavy atom. The Hall–Kier alpha value is -0.850. The van der Waals surface area contributed by atoms with Crippen LogP contribution in [0.15, 0.2) is 38.2 Å². The van der Waals surface area contributed by atoms with Gasteiger partial charge in [0.2, 0.25) is 5.89 Å². The van der Waals surface area contributed by atoms with Crippen LogP contribution in [0.3, 0.4) is 0 Å². The topological polar surface area (TPSA) is 64.9 Å². The highest BCUT2D eigenvalue weighted by atomic mass is 79.9. The van der Waals surface area contributed by atoms with Crippen LogP contribution in [0.25, 0.3) is 0 Å². The second-order valence-electron chi connectivity index (χ2n) is 5.61. The van der Waals surface area contributed by atoms with Crippen molar-refractivity contribution in [3.63, 3.8) is 0 Å². The molecule has 0 aliphatic heterocycles. The van der Waals surface area contributed by atoms with E-state index in [-0.39, 0.29) is 11.5 Å². The van der Waals surface area contributed by atoms with Gasteiger partial charge in [0.25, 0.3) is 0 Å². The Kier molecular flexibility index (Phi) is 4.88. The van der Waals surface area contributed by atoms with Gasteiger partial charge in [-0.15, -0.1) is 11.8 Å². The lowest BCUT2D eigenvalue weighted by Gasteiger charge is -2.23. The highest BCUT2D eigenvalue weighted by Crippen LogP contribution is 2.31. The van der Waals surface area contributed by atoms with Gasteiger partial charge in [-0.3, -0.25) is 0 Å². The summed E-state index contributed by atoms with van der Waals surface area (Å²) in [4.78, 5) is 5.53. The summed E-state index contributed by atoms with van der Waals surface area (Å²) < 4.78 is 6.33. The third-order valence-corrected chi connectivity index (χ3v) is 4.90. The average molecular weight is 356 g/mol. The van der Waals surface area contributed by atoms with Crippen molar-refractivity contribution in [1.82, 2.24) is 10.1 Å². The van der Waals surface area contributed by atoms with E-state index in [0.29, 0.717) is 17.5 Å². The van der Waals surface area contributed by atoms with Gasteiger partial charge in [-0.2, -0.15) is 4.98 Å². The number of hydrogen-bond acceptors (Lipinski definition) is 5. The zero-order valence-corrected chi connectivity index (χ0v) is 14.2. The number of hydrogen-bond donors (Lipinski definition) is 1. The molecular weight excluding hydrogens is 338 g/mol. The van der Waals surface area contributed by atoms with Crippen LogP contribution in [0.2, 0.25) is 0 Å². The SMILES string of the molecule is CC(C)(C)[C@@H](N)c1nc(CSc2ccccc2Br)no1. The summed E-state index contributed by atoms with van der Waals surface area (Å²) in [6, 6.07) is 7.81. The van der Waals surface area contributed by atoms with Crippen LogP contribution in [-0.2, 0) is 5.75 Å². The minimum atomic E-state index is -0.253. The van der Waals surface area contributed by atoms with Crippen LogP contribution in [0.5, 0.6) is 0 Å². The average Bonchev–Trinajstić information content (AvgIpc) is 2.84. The minimum Gasteiger partial charge on any atom is -0.338 e. The van der Waals surface area contributed by atoms with Crippen molar-refractivity contribution in [2.24, 2.45) is 11.1 Å². The summed E-state index contributed by atoms with van der Waals surface area (Å²) in [5.41, 5.74) is 6.01. The molecule has 0 amide bonds. The van der Waals surface area contributed by atoms with Crippen LogP contribution in [-0.4, -0.2) is 10.1 Å². The predicted molar refractivity (Wildman–Crippen MR) is 84.4 cm³/mol. The zero-order valence-electron chi connectivity index (χ0n) is 11.8. The number of aromatic nitrogens is 2. The number of rotatable bonds is 4. The highest BCUT2D eigenvalue weighted by molar-refractivity contribution is 9.10. The molecule has 0 aliphatic carbocycles. The standard InChI is InChI=1S/C14H18BrN3OS/c1-14(2,3)12(16)13-17-11(18-19-13)8-20-10-7-5-4-6-9(10)15/h4-7,12H,8,16H2,1-3H3/t12-/m0/s1. The maximum Gasteiger partial charge on any atom is 0.244 e. The first-order valence-electron chi connectivity index (χ1n) is 6.33. The second kappa shape index (κ2) is 6.28. The molecule has 2 aromatic rings. The van der Waals surface area contributed by atoms with Crippen molar-refractivity contribution >= 4 is 27.7 Å². The molecule has 20 heavy (non-hydrogen) atoms. The lowest BCUT2D eigenvalue weighted by atomic mass is 9.87. The van der Waals surface area contributed by atoms with E-state index in [1.807, 2.05) is 18.2 Å². The quantitative estimate of drug-likeness (QED) is 0.833. The lowest BCUT2D eigenvalue weighted by molar-refractivity contribution is 0.252. The van der Waals surface area contributed by atoms with Gasteiger partial charge >= 0.3 is 0 Å². The number of nitrogens with two attached hydrogens (primary N) is 1. The van der Waals surface area contributed by atoms with Crippen molar-refractivity contribution in [1.29, 1.82) is 0 Å². The molecule has 1 aromatic carbocycles. The fourth-order valence-electron chi connectivity index (χ4n) is 1.53. The van der Waals surface area contributed by atoms with Crippen LogP contribution >= 0.6 is 27.7 Å². The molecule has 4 nitrogen and oxygen atoms in total. The largest absolute Gasteiger partial charge is 0.338 e. The van der Waals surface area contributed by atoms with Gasteiger partial charge in [-0.25, -0.2) is 0 Å². The Bertz CT molecular complexity index is 580. The van der Waals surface area contributed by atoms with E-state index in [2.05, 4.69) is 52.9 Å². The van der Waals surface area contributed by atoms with E-state index in [1.54, 1.807) is 11.8 Å². The summed E-state index contributed by atoms with van der Waals surface area (Å²) in [6.07, 6.45) is 0. The van der Waals surface area contributed by atoms with E-state index in [9.17, 15) is 0 Å². The number of halogens is 1. The third kappa shape index (κ3) is 3.84. The van der Waals surface area contributed by atoms with E-state index in [0.717, 1.165) is 9.37 Å². The van der Waals surface area contributed by atoms with Gasteiger partial charge in [0.15, 0.2) is 5.82 Å². The first kappa shape index (κ1) is 15.5. The number of thioether (sulfide) groups is 1. The normalized spacial score (nSPS) is 13.4. The Labute approximate surface area is 131 Å². The molecule has 1 heterocycles. The Morgan fingerprint density at radius 2 is 2.05 bits per heavy atom. The zero-order chi connectivity index (χ0) is 14.8. The van der Waals surface area contributed by atoms with E-state index < -0.39 is 0 Å². The molecule has 0 saturated heterocycles. The summed E-state index contributed by atoms with van der Waals surface area (Å²) in [5.74, 6) is 1.82. The van der Waals surface area contributed by atoms with Gasteiger partial charge in [0.1, 0.15) is 0 Å². The highest BCUT2D eigenvalue weighted by Gasteiger charge is 2.27. The smallest absolute Gasteiger partial charge is 0.244 e. The minimum absolute atomic E-state index is 0.0978. The summed E-state index contributed by atoms with van der Waals surface area (Å²) >= 11 is 5.18. The molecule has 0 aliphatic rings. The maximum atomic E-state index is 6.11. The molecule has 108 valence electrons. The molecule has 0 spiro atoms. The molecule has 0 bridgehead atoms. The molecule has 2 rings (SSSR count). The van der Waals surface area contributed by atoms with Gasteiger partial charge in [0.05, 0.1) is 11.8 Å². The third-order valence-electron chi connectivity index (χ3n) is 2.88. The molecule has 0 radical (unpaired) electrons. The van der Waals surface area contributed by atoms with Crippen LogP contribution in [0.4, 0.5) is 0 Å². The first-order valence-corrected chi connectivity index (χ1v) is 8.11. The van der Waals surface area contributed by atoms with Crippen molar-refractivity contribution in [2.45, 2.75) is 37.5 Å². The van der Waals surface area contributed by atoms with Gasteiger partial charge in [0, 0.05) is 9.37 Å². The second-order valence-corrected chi connectivity index (χ2v) is 7.48. The van der Waals surface area contributed by atoms with Crippen molar-refractivity contribution in [2.75, 3.05) is 0 Å². The van der Waals surface area contributed by atoms with Crippen molar-refractivity contribution in [3.05, 3.63) is 40.5 Å². The van der Waals surface area contributed by atoms with Crippen molar-refractivity contribution in [3.8, 4) is 0 Å². The molecule has 0 saturated carbocycles. The summed E-state index contributed by atoms with van der Waals surface area (Å²) in [6.45, 7) is 6.16. The lowest BCUT2D eigenvalue weighted by Crippen LogP contribution is -2.26. The van der Waals surface area contributed by atoms with Crippen LogP contribution < -0.4 is 5.73 Å². The first-order chi connectivity index (χ1) is 9.38. The summed E-state index contributed by atoms with van der Waals surface area (Å²) in [7, 11) is 0. The molecule has 6 heteroatoms. The van der Waals surface area contributed by atoms with E-state index in [4.69, 9.17) is 10.3 Å². The predicted octanol–water partition coefficient (Wildman–Crippen LogP) is 4.17. The molecule has 1 aromatic heterocycles. The molecule has 2 N–H and O–H groups in total. The molecule has 0 unspecified atom stereocenters. The molecule has 0 fully saturated rings. The van der Waals surface area contributed by atoms with Crippen LogP contribution in [0, 0.1) is 5.41 Å². The molecular formula is C14H18BrN3OS. The fraction of sp³-hybridized carbons (Fsp3) is 0.429. The van der Waals surface area contributed by atoms with Gasteiger partial charge in [-0.05, 0) is 33.5 Å². The number of nitrogens with zero attached hydrogens (tertiary/aromatic N) is 2. The van der Waals surface area contributed by atoms with Crippen molar-refractivity contribution < 1.29 is 4.52 Å². The summed E-state index contributed by atoms with van der Waals surface area (Å²) in [5, 5.41) is 3.99. The van der Waals surface area contributed by atoms with E-state index >= 15 is 0 Å². The number of benzene rings is 1.